The number of hydrogen-bond acceptors (Lipinski definition) is 4. The van der Waals surface area contributed by atoms with Crippen LogP contribution < -0.4 is 16.6 Å². The van der Waals surface area contributed by atoms with Crippen LogP contribution in [0.3, 0.4) is 0 Å². The third-order valence-electron chi connectivity index (χ3n) is 6.57. The van der Waals surface area contributed by atoms with Gasteiger partial charge in [-0.15, -0.1) is 0 Å². The summed E-state index contributed by atoms with van der Waals surface area (Å²) in [6.45, 7) is 0. The van der Waals surface area contributed by atoms with Crippen LogP contribution in [0.15, 0.2) is 76.4 Å². The second-order valence-corrected chi connectivity index (χ2v) is 8.25. The minimum Gasteiger partial charge on any atom is -0.377 e. The van der Waals surface area contributed by atoms with E-state index < -0.39 is 6.04 Å². The Morgan fingerprint density at radius 1 is 0.935 bits per heavy atom. The summed E-state index contributed by atoms with van der Waals surface area (Å²) in [6.07, 6.45) is 7.57. The van der Waals surface area contributed by atoms with Crippen molar-refractivity contribution in [2.45, 2.75) is 12.5 Å². The van der Waals surface area contributed by atoms with Gasteiger partial charge in [-0.25, -0.2) is 4.79 Å². The molecule has 31 heavy (non-hydrogen) atoms. The van der Waals surface area contributed by atoms with E-state index in [4.69, 9.17) is 0 Å². The van der Waals surface area contributed by atoms with Crippen LogP contribution >= 0.6 is 0 Å². The van der Waals surface area contributed by atoms with Crippen LogP contribution in [0.25, 0.3) is 10.8 Å². The van der Waals surface area contributed by atoms with Gasteiger partial charge in [0.1, 0.15) is 0 Å². The molecule has 0 saturated heterocycles. The number of benzene rings is 2. The zero-order valence-electron chi connectivity index (χ0n) is 17.4. The lowest BCUT2D eigenvalue weighted by Crippen LogP contribution is -2.48. The fourth-order valence-electron chi connectivity index (χ4n) is 4.93. The Labute approximate surface area is 179 Å². The Balaban J connectivity index is 1.75. The molecule has 0 unspecified atom stereocenters. The molecule has 1 heterocycles. The molecule has 2 aromatic carbocycles. The Bertz CT molecular complexity index is 1390. The van der Waals surface area contributed by atoms with E-state index in [0.717, 1.165) is 21.0 Å². The van der Waals surface area contributed by atoms with Gasteiger partial charge in [-0.3, -0.25) is 14.2 Å². The largest absolute Gasteiger partial charge is 0.377 e. The van der Waals surface area contributed by atoms with Crippen molar-refractivity contribution >= 4 is 22.2 Å². The second kappa shape index (κ2) is 7.23. The van der Waals surface area contributed by atoms with Crippen LogP contribution in [0.1, 0.15) is 17.3 Å². The van der Waals surface area contributed by atoms with E-state index >= 15 is 0 Å². The number of aromatic nitrogens is 2. The fourth-order valence-corrected chi connectivity index (χ4v) is 4.93. The third-order valence-corrected chi connectivity index (χ3v) is 6.57. The van der Waals surface area contributed by atoms with Gasteiger partial charge in [0.05, 0.1) is 11.6 Å². The van der Waals surface area contributed by atoms with Crippen molar-refractivity contribution in [3.05, 3.63) is 98.9 Å². The smallest absolute Gasteiger partial charge is 0.330 e. The first-order chi connectivity index (χ1) is 15.0. The van der Waals surface area contributed by atoms with Gasteiger partial charge >= 0.3 is 5.69 Å². The number of anilines is 1. The normalized spacial score (nSPS) is 22.1. The molecular weight excluding hydrogens is 390 g/mol. The molecule has 0 amide bonds. The molecule has 0 fully saturated rings. The van der Waals surface area contributed by atoms with E-state index in [0.29, 0.717) is 17.7 Å². The first kappa shape index (κ1) is 19.3. The molecule has 5 rings (SSSR count). The zero-order valence-corrected chi connectivity index (χ0v) is 17.4. The maximum Gasteiger partial charge on any atom is 0.330 e. The Kier molecular flexibility index (Phi) is 4.50. The minimum atomic E-state index is -0.440. The van der Waals surface area contributed by atoms with E-state index in [9.17, 15) is 14.4 Å². The monoisotopic (exact) mass is 413 g/mol. The van der Waals surface area contributed by atoms with Crippen LogP contribution in [0.4, 0.5) is 5.69 Å². The minimum absolute atomic E-state index is 0.0125. The lowest BCUT2D eigenvalue weighted by Gasteiger charge is -2.38. The highest BCUT2D eigenvalue weighted by atomic mass is 16.2. The highest BCUT2D eigenvalue weighted by molar-refractivity contribution is 5.95. The van der Waals surface area contributed by atoms with E-state index in [2.05, 4.69) is 5.32 Å². The van der Waals surface area contributed by atoms with Crippen molar-refractivity contribution in [3.63, 3.8) is 0 Å². The molecule has 0 bridgehead atoms. The van der Waals surface area contributed by atoms with Crippen LogP contribution in [0.5, 0.6) is 0 Å². The van der Waals surface area contributed by atoms with Gasteiger partial charge in [-0.1, -0.05) is 54.6 Å². The van der Waals surface area contributed by atoms with Crippen molar-refractivity contribution < 1.29 is 4.79 Å². The molecule has 0 saturated carbocycles. The molecule has 6 nitrogen and oxygen atoms in total. The Hall–Kier alpha value is -3.67. The highest BCUT2D eigenvalue weighted by Crippen LogP contribution is 2.41. The van der Waals surface area contributed by atoms with Crippen LogP contribution in [0.2, 0.25) is 0 Å². The summed E-state index contributed by atoms with van der Waals surface area (Å²) in [6, 6.07) is 13.6. The third kappa shape index (κ3) is 2.98. The molecule has 0 aliphatic heterocycles. The van der Waals surface area contributed by atoms with Crippen LogP contribution in [-0.2, 0) is 25.3 Å². The van der Waals surface area contributed by atoms with Gasteiger partial charge in [0, 0.05) is 42.7 Å². The number of allylic oxidation sites excluding steroid dienone is 3. The summed E-state index contributed by atoms with van der Waals surface area (Å²) < 4.78 is 2.66. The van der Waals surface area contributed by atoms with Crippen LogP contribution in [0, 0.1) is 11.8 Å². The molecule has 1 aromatic heterocycles. The lowest BCUT2D eigenvalue weighted by molar-refractivity contribution is -0.119. The van der Waals surface area contributed by atoms with Gasteiger partial charge in [0.15, 0.2) is 5.78 Å². The highest BCUT2D eigenvalue weighted by Gasteiger charge is 2.42. The summed E-state index contributed by atoms with van der Waals surface area (Å²) >= 11 is 0. The number of carbonyl (C=O) groups is 1. The predicted octanol–water partition coefficient (Wildman–Crippen LogP) is 2.87. The molecular formula is C25H23N3O3. The summed E-state index contributed by atoms with van der Waals surface area (Å²) in [4.78, 5) is 38.8. The second-order valence-electron chi connectivity index (χ2n) is 8.25. The number of fused-ring (bicyclic) bond motifs is 3. The number of nitrogens with one attached hydrogen (secondary N) is 1. The van der Waals surface area contributed by atoms with E-state index in [1.807, 2.05) is 54.6 Å². The first-order valence-corrected chi connectivity index (χ1v) is 10.4. The number of hydrogen-bond donors (Lipinski definition) is 1. The van der Waals surface area contributed by atoms with Gasteiger partial charge < -0.3 is 9.88 Å². The first-order valence-electron chi connectivity index (χ1n) is 10.4. The summed E-state index contributed by atoms with van der Waals surface area (Å²) in [5.41, 5.74) is 1.39. The van der Waals surface area contributed by atoms with Gasteiger partial charge in [0.2, 0.25) is 0 Å². The average molecular weight is 413 g/mol. The quantitative estimate of drug-likeness (QED) is 0.701. The molecule has 156 valence electrons. The molecule has 0 radical (unpaired) electrons. The number of ketones is 1. The maximum absolute atomic E-state index is 13.3. The van der Waals surface area contributed by atoms with Gasteiger partial charge in [-0.05, 0) is 23.9 Å². The summed E-state index contributed by atoms with van der Waals surface area (Å²) in [5, 5.41) is 5.71. The van der Waals surface area contributed by atoms with Crippen LogP contribution in [-0.4, -0.2) is 14.9 Å². The van der Waals surface area contributed by atoms with Crippen molar-refractivity contribution in [1.82, 2.24) is 9.13 Å². The molecule has 0 spiro atoms. The number of rotatable bonds is 2. The summed E-state index contributed by atoms with van der Waals surface area (Å²) in [5.74, 6) is -0.537. The molecule has 2 aliphatic carbocycles. The summed E-state index contributed by atoms with van der Waals surface area (Å²) in [7, 11) is 3.17. The molecule has 3 atom stereocenters. The Morgan fingerprint density at radius 3 is 2.55 bits per heavy atom. The van der Waals surface area contributed by atoms with Gasteiger partial charge in [0.25, 0.3) is 5.56 Å². The molecule has 1 N–H and O–H groups in total. The van der Waals surface area contributed by atoms with E-state index in [-0.39, 0.29) is 28.9 Å². The number of carbonyl (C=O) groups excluding carboxylic acids is 1. The maximum atomic E-state index is 13.3. The molecule has 6 heteroatoms. The van der Waals surface area contributed by atoms with Crippen molar-refractivity contribution in [2.75, 3.05) is 5.32 Å². The standard InChI is InChI=1S/C25H23N3O3/c1-27-20-14-18-17(11-5-6-13-21(18)29)23(22(20)24(30)28(2)25(27)31)26-19-12-7-9-15-8-3-4-10-16(15)19/h3-13,17-18,23,26H,14H2,1-2H3/t17-,18-,23+/m1/s1. The van der Waals surface area contributed by atoms with E-state index in [1.165, 1.54) is 11.6 Å². The van der Waals surface area contributed by atoms with Crippen molar-refractivity contribution in [1.29, 1.82) is 0 Å². The molecule has 2 aliphatic rings. The van der Waals surface area contributed by atoms with Gasteiger partial charge in [-0.2, -0.15) is 0 Å². The molecule has 3 aromatic rings. The average Bonchev–Trinajstić information content (AvgIpc) is 2.97. The lowest BCUT2D eigenvalue weighted by atomic mass is 9.72. The fraction of sp³-hybridized carbons (Fsp3) is 0.240. The van der Waals surface area contributed by atoms with Crippen molar-refractivity contribution in [2.24, 2.45) is 25.9 Å². The Morgan fingerprint density at radius 2 is 1.71 bits per heavy atom. The predicted molar refractivity (Wildman–Crippen MR) is 121 cm³/mol. The van der Waals surface area contributed by atoms with E-state index in [1.54, 1.807) is 19.2 Å². The zero-order chi connectivity index (χ0) is 21.7. The topological polar surface area (TPSA) is 73.1 Å². The SMILES string of the molecule is Cn1c2c(c(=O)n(C)c1=O)[C@@H](Nc1cccc3ccccc13)[C@@H]1C=CC=CC(=O)[C@@H]1C2. The number of nitrogens with zero attached hydrogens (tertiary/aromatic N) is 2. The van der Waals surface area contributed by atoms with Crippen molar-refractivity contribution in [3.8, 4) is 0 Å².